The number of hydrogen-bond acceptors (Lipinski definition) is 11. The highest BCUT2D eigenvalue weighted by atomic mass is 32.2. The molecule has 14 heteroatoms. The molecule has 0 radical (unpaired) electrons. The van der Waals surface area contributed by atoms with Gasteiger partial charge in [0.2, 0.25) is 0 Å². The van der Waals surface area contributed by atoms with Crippen molar-refractivity contribution in [1.82, 2.24) is 14.6 Å². The van der Waals surface area contributed by atoms with Crippen LogP contribution in [0.5, 0.6) is 0 Å². The molecule has 0 saturated carbocycles. The molecule has 1 aliphatic heterocycles. The number of carbonyl (C=O) groups excluding carboxylic acids is 1. The van der Waals surface area contributed by atoms with E-state index in [2.05, 4.69) is 10.1 Å². The van der Waals surface area contributed by atoms with Crippen LogP contribution in [-0.4, -0.2) is 61.7 Å². The van der Waals surface area contributed by atoms with Gasteiger partial charge >= 0.3 is 13.4 Å². The van der Waals surface area contributed by atoms with E-state index in [1.165, 1.54) is 19.2 Å². The van der Waals surface area contributed by atoms with Crippen molar-refractivity contribution in [2.24, 2.45) is 5.41 Å². The van der Waals surface area contributed by atoms with Gasteiger partial charge in [0, 0.05) is 23.9 Å². The van der Waals surface area contributed by atoms with Crippen LogP contribution in [0.15, 0.2) is 47.4 Å². The van der Waals surface area contributed by atoms with Crippen LogP contribution in [0.1, 0.15) is 45.9 Å². The van der Waals surface area contributed by atoms with E-state index in [4.69, 9.17) is 19.5 Å². The lowest BCUT2D eigenvalue weighted by Crippen LogP contribution is -2.46. The van der Waals surface area contributed by atoms with Gasteiger partial charge < -0.3 is 20.7 Å². The zero-order chi connectivity index (χ0) is 28.8. The van der Waals surface area contributed by atoms with E-state index in [1.807, 2.05) is 51.1 Å². The maximum Gasteiger partial charge on any atom is 0.405 e. The highest BCUT2D eigenvalue weighted by Gasteiger charge is 2.54. The molecule has 5 N–H and O–H groups in total. The van der Waals surface area contributed by atoms with Crippen molar-refractivity contribution >= 4 is 30.4 Å². The standard InChI is InChI=1S/C25H37N4O8PS/c1-5-24(2,3)22(31)39-14-13-35-38(34,27-15-17-9-7-6-8-10-17)36-16-18-20(30)25(4,33)21(37-18)29-12-11-19(26)28-23(29)32/h6-12,18,20-21,30,33H,5,13-16H2,1-4H3,(H,27,34)(H2,26,28,32)/t18-,20-,21?,25-,38?/m1/s1. The van der Waals surface area contributed by atoms with Gasteiger partial charge in [-0.25, -0.2) is 14.4 Å². The number of rotatable bonds is 13. The fourth-order valence-electron chi connectivity index (χ4n) is 3.70. The number of hydrogen-bond donors (Lipinski definition) is 4. The Kier molecular flexibility index (Phi) is 10.5. The zero-order valence-electron chi connectivity index (χ0n) is 22.5. The molecule has 216 valence electrons. The fourth-order valence-corrected chi connectivity index (χ4v) is 6.02. The lowest BCUT2D eigenvalue weighted by Gasteiger charge is -2.27. The number of carbonyl (C=O) groups is 1. The zero-order valence-corrected chi connectivity index (χ0v) is 24.2. The van der Waals surface area contributed by atoms with Crippen molar-refractivity contribution in [3.05, 3.63) is 58.6 Å². The van der Waals surface area contributed by atoms with E-state index in [9.17, 15) is 24.4 Å². The Morgan fingerprint density at radius 2 is 2.00 bits per heavy atom. The minimum atomic E-state index is -3.97. The Morgan fingerprint density at radius 1 is 1.31 bits per heavy atom. The molecule has 0 amide bonds. The van der Waals surface area contributed by atoms with Gasteiger partial charge in [0.25, 0.3) is 0 Å². The maximum absolute atomic E-state index is 13.6. The molecule has 2 heterocycles. The largest absolute Gasteiger partial charge is 0.405 e. The minimum absolute atomic E-state index is 0.00440. The summed E-state index contributed by atoms with van der Waals surface area (Å²) in [6.07, 6.45) is -1.98. The molecule has 1 aromatic heterocycles. The van der Waals surface area contributed by atoms with Gasteiger partial charge in [-0.2, -0.15) is 4.98 Å². The molecule has 0 spiro atoms. The topological polar surface area (TPSA) is 175 Å². The third-order valence-corrected chi connectivity index (χ3v) is 9.34. The first-order valence-electron chi connectivity index (χ1n) is 12.5. The first-order valence-corrected chi connectivity index (χ1v) is 15.1. The molecule has 1 aliphatic rings. The van der Waals surface area contributed by atoms with Gasteiger partial charge in [-0.15, -0.1) is 0 Å². The lowest BCUT2D eigenvalue weighted by atomic mass is 9.92. The predicted molar refractivity (Wildman–Crippen MR) is 148 cm³/mol. The first-order chi connectivity index (χ1) is 18.3. The quantitative estimate of drug-likeness (QED) is 0.200. The van der Waals surface area contributed by atoms with Crippen LogP contribution in [0, 0.1) is 5.41 Å². The van der Waals surface area contributed by atoms with Gasteiger partial charge in [-0.1, -0.05) is 62.9 Å². The smallest absolute Gasteiger partial charge is 0.387 e. The van der Waals surface area contributed by atoms with Crippen molar-refractivity contribution in [1.29, 1.82) is 0 Å². The SMILES string of the molecule is CCC(C)(C)C(=O)SCCOP(=O)(NCc1ccccc1)OC[C@H]1OC(n2ccc(N)nc2=O)[C@](C)(O)[C@@H]1O. The molecular formula is C25H37N4O8PS. The number of benzene rings is 1. The van der Waals surface area contributed by atoms with Crippen LogP contribution in [0.2, 0.25) is 0 Å². The molecular weight excluding hydrogens is 547 g/mol. The van der Waals surface area contributed by atoms with Gasteiger partial charge in [0.05, 0.1) is 13.2 Å². The second-order valence-electron chi connectivity index (χ2n) is 10.1. The number of aliphatic hydroxyl groups is 2. The number of thioether (sulfide) groups is 1. The van der Waals surface area contributed by atoms with Crippen LogP contribution < -0.4 is 16.5 Å². The van der Waals surface area contributed by atoms with Crippen LogP contribution in [-0.2, 0) is 29.7 Å². The van der Waals surface area contributed by atoms with Crippen LogP contribution in [0.3, 0.4) is 0 Å². The molecule has 12 nitrogen and oxygen atoms in total. The second-order valence-corrected chi connectivity index (χ2v) is 13.0. The number of nitrogens with two attached hydrogens (primary N) is 1. The molecule has 39 heavy (non-hydrogen) atoms. The number of nitrogen functional groups attached to an aromatic ring is 1. The fraction of sp³-hybridized carbons (Fsp3) is 0.560. The maximum atomic E-state index is 13.6. The normalized spacial score (nSPS) is 24.9. The Labute approximate surface area is 231 Å². The van der Waals surface area contributed by atoms with Crippen LogP contribution >= 0.6 is 19.5 Å². The van der Waals surface area contributed by atoms with E-state index in [0.29, 0.717) is 6.42 Å². The van der Waals surface area contributed by atoms with E-state index in [1.54, 1.807) is 0 Å². The molecule has 1 aromatic carbocycles. The third kappa shape index (κ3) is 7.99. The highest BCUT2D eigenvalue weighted by Crippen LogP contribution is 2.46. The molecule has 1 saturated heterocycles. The van der Waals surface area contributed by atoms with E-state index < -0.39 is 49.5 Å². The Bertz CT molecular complexity index is 1230. The van der Waals surface area contributed by atoms with E-state index >= 15 is 0 Å². The van der Waals surface area contributed by atoms with Gasteiger partial charge in [0.15, 0.2) is 11.3 Å². The van der Waals surface area contributed by atoms with Crippen molar-refractivity contribution in [3.63, 3.8) is 0 Å². The molecule has 3 rings (SSSR count). The monoisotopic (exact) mass is 584 g/mol. The van der Waals surface area contributed by atoms with E-state index in [0.717, 1.165) is 21.9 Å². The second kappa shape index (κ2) is 13.0. The average molecular weight is 585 g/mol. The van der Waals surface area contributed by atoms with Crippen molar-refractivity contribution in [2.75, 3.05) is 24.7 Å². The highest BCUT2D eigenvalue weighted by molar-refractivity contribution is 8.13. The van der Waals surface area contributed by atoms with Crippen molar-refractivity contribution < 1.29 is 33.4 Å². The Balaban J connectivity index is 1.68. The summed E-state index contributed by atoms with van der Waals surface area (Å²) in [5.41, 5.74) is 3.21. The number of ether oxygens (including phenoxy) is 1. The van der Waals surface area contributed by atoms with Crippen molar-refractivity contribution in [2.45, 2.75) is 64.7 Å². The summed E-state index contributed by atoms with van der Waals surface area (Å²) < 4.78 is 31.6. The molecule has 0 aliphatic carbocycles. The molecule has 0 bridgehead atoms. The first kappa shape index (κ1) is 31.4. The Hall–Kier alpha value is -2.09. The number of anilines is 1. The summed E-state index contributed by atoms with van der Waals surface area (Å²) in [5, 5.41) is 24.5. The number of nitrogens with zero attached hydrogens (tertiary/aromatic N) is 2. The number of aliphatic hydroxyl groups excluding tert-OH is 1. The molecule has 1 fully saturated rings. The summed E-state index contributed by atoms with van der Waals surface area (Å²) in [4.78, 5) is 28.3. The van der Waals surface area contributed by atoms with Crippen LogP contribution in [0.25, 0.3) is 0 Å². The van der Waals surface area contributed by atoms with Crippen LogP contribution in [0.4, 0.5) is 5.82 Å². The molecule has 5 atom stereocenters. The summed E-state index contributed by atoms with van der Waals surface area (Å²) >= 11 is 1.09. The number of aromatic nitrogens is 2. The van der Waals surface area contributed by atoms with Gasteiger partial charge in [-0.05, 0) is 25.0 Å². The summed E-state index contributed by atoms with van der Waals surface area (Å²) in [7, 11) is -3.97. The average Bonchev–Trinajstić information content (AvgIpc) is 3.13. The molecule has 2 aromatic rings. The van der Waals surface area contributed by atoms with Gasteiger partial charge in [-0.3, -0.25) is 18.4 Å². The predicted octanol–water partition coefficient (Wildman–Crippen LogP) is 2.46. The van der Waals surface area contributed by atoms with Gasteiger partial charge in [0.1, 0.15) is 23.6 Å². The number of nitrogens with one attached hydrogen (secondary N) is 1. The van der Waals surface area contributed by atoms with Crippen molar-refractivity contribution in [3.8, 4) is 0 Å². The minimum Gasteiger partial charge on any atom is -0.387 e. The summed E-state index contributed by atoms with van der Waals surface area (Å²) in [6.45, 7) is 6.65. The third-order valence-electron chi connectivity index (χ3n) is 6.60. The Morgan fingerprint density at radius 3 is 2.64 bits per heavy atom. The summed E-state index contributed by atoms with van der Waals surface area (Å²) in [6, 6.07) is 10.5. The molecule has 2 unspecified atom stereocenters. The lowest BCUT2D eigenvalue weighted by molar-refractivity contribution is -0.118. The summed E-state index contributed by atoms with van der Waals surface area (Å²) in [5.74, 6) is 0.254. The van der Waals surface area contributed by atoms with E-state index in [-0.39, 0.29) is 29.8 Å².